The number of rotatable bonds is 7. The van der Waals surface area contributed by atoms with Crippen LogP contribution in [0.25, 0.3) is 0 Å². The van der Waals surface area contributed by atoms with Crippen molar-refractivity contribution in [1.29, 1.82) is 0 Å². The van der Waals surface area contributed by atoms with Gasteiger partial charge in [-0.15, -0.1) is 0 Å². The molecular weight excluding hydrogens is 326 g/mol. The van der Waals surface area contributed by atoms with Crippen LogP contribution in [0.5, 0.6) is 0 Å². The third kappa shape index (κ3) is 3.98. The maximum atomic E-state index is 4.24. The van der Waals surface area contributed by atoms with Crippen LogP contribution in [0.4, 0.5) is 0 Å². The fraction of sp³-hybridized carbons (Fsp3) is 0.308. The standard InChI is InChI=1S/C26H28N/c1-3-19(2)25(22-14-16-27-17-15-22)24-11-7-10-23(26(24)21-12-13-21)18-20-8-5-4-6-9-20/h4-11,14-17,19,21H,3,12-13,18H2,1-2H3. The van der Waals surface area contributed by atoms with E-state index in [9.17, 15) is 0 Å². The first kappa shape index (κ1) is 18.0. The summed E-state index contributed by atoms with van der Waals surface area (Å²) in [7, 11) is 0. The summed E-state index contributed by atoms with van der Waals surface area (Å²) in [6.45, 7) is 4.65. The molecule has 1 aliphatic rings. The van der Waals surface area contributed by atoms with Crippen molar-refractivity contribution in [3.8, 4) is 0 Å². The molecule has 4 rings (SSSR count). The Morgan fingerprint density at radius 2 is 1.70 bits per heavy atom. The molecule has 2 aromatic carbocycles. The van der Waals surface area contributed by atoms with Crippen molar-refractivity contribution < 1.29 is 0 Å². The number of nitrogens with zero attached hydrogens (tertiary/aromatic N) is 1. The van der Waals surface area contributed by atoms with Crippen molar-refractivity contribution in [2.24, 2.45) is 5.92 Å². The van der Waals surface area contributed by atoms with E-state index in [1.807, 2.05) is 12.4 Å². The highest BCUT2D eigenvalue weighted by Gasteiger charge is 2.32. The van der Waals surface area contributed by atoms with Crippen LogP contribution in [0.3, 0.4) is 0 Å². The molecule has 1 heterocycles. The smallest absolute Gasteiger partial charge is 0.0372 e. The predicted molar refractivity (Wildman–Crippen MR) is 113 cm³/mol. The van der Waals surface area contributed by atoms with Gasteiger partial charge in [0.15, 0.2) is 0 Å². The summed E-state index contributed by atoms with van der Waals surface area (Å²) >= 11 is 0. The molecule has 1 fully saturated rings. The molecule has 0 aliphatic heterocycles. The lowest BCUT2D eigenvalue weighted by Crippen LogP contribution is -2.15. The van der Waals surface area contributed by atoms with E-state index in [4.69, 9.17) is 0 Å². The highest BCUT2D eigenvalue weighted by Crippen LogP contribution is 2.47. The molecule has 0 bridgehead atoms. The minimum absolute atomic E-state index is 0.525. The number of aromatic nitrogens is 1. The van der Waals surface area contributed by atoms with Crippen LogP contribution in [0.2, 0.25) is 0 Å². The lowest BCUT2D eigenvalue weighted by atomic mass is 9.76. The SMILES string of the molecule is CCC(C)[C](c1ccncc1)c1cccc(Cc2ccccc2)c1C1CC1. The first-order valence-corrected chi connectivity index (χ1v) is 10.2. The van der Waals surface area contributed by atoms with Gasteiger partial charge in [0.1, 0.15) is 0 Å². The Bertz CT molecular complexity index is 865. The fourth-order valence-corrected chi connectivity index (χ4v) is 4.11. The Morgan fingerprint density at radius 3 is 2.37 bits per heavy atom. The van der Waals surface area contributed by atoms with E-state index in [2.05, 4.69) is 79.5 Å². The van der Waals surface area contributed by atoms with Crippen LogP contribution >= 0.6 is 0 Å². The largest absolute Gasteiger partial charge is 0.265 e. The Hall–Kier alpha value is -2.41. The Kier molecular flexibility index (Phi) is 5.38. The van der Waals surface area contributed by atoms with Crippen molar-refractivity contribution in [3.05, 3.63) is 107 Å². The summed E-state index contributed by atoms with van der Waals surface area (Å²) in [4.78, 5) is 4.24. The van der Waals surface area contributed by atoms with Gasteiger partial charge < -0.3 is 0 Å². The second-order valence-corrected chi connectivity index (χ2v) is 7.77. The Labute approximate surface area is 163 Å². The van der Waals surface area contributed by atoms with Gasteiger partial charge in [0.2, 0.25) is 0 Å². The van der Waals surface area contributed by atoms with Crippen molar-refractivity contribution >= 4 is 0 Å². The molecule has 1 aliphatic carbocycles. The van der Waals surface area contributed by atoms with Crippen LogP contribution in [0.15, 0.2) is 73.1 Å². The molecule has 0 N–H and O–H groups in total. The predicted octanol–water partition coefficient (Wildman–Crippen LogP) is 6.57. The first-order valence-electron chi connectivity index (χ1n) is 10.2. The third-order valence-electron chi connectivity index (χ3n) is 5.81. The molecule has 1 atom stereocenters. The van der Waals surface area contributed by atoms with Crippen molar-refractivity contribution in [1.82, 2.24) is 4.98 Å². The number of benzene rings is 2. The van der Waals surface area contributed by atoms with Gasteiger partial charge in [-0.05, 0) is 71.0 Å². The minimum Gasteiger partial charge on any atom is -0.265 e. The minimum atomic E-state index is 0.525. The van der Waals surface area contributed by atoms with Gasteiger partial charge in [0, 0.05) is 18.3 Å². The van der Waals surface area contributed by atoms with Gasteiger partial charge in [-0.3, -0.25) is 4.98 Å². The molecular formula is C26H28N. The topological polar surface area (TPSA) is 12.9 Å². The lowest BCUT2D eigenvalue weighted by Gasteiger charge is -2.27. The number of pyridine rings is 1. The summed E-state index contributed by atoms with van der Waals surface area (Å²) in [6, 6.07) is 22.1. The van der Waals surface area contributed by atoms with Crippen LogP contribution < -0.4 is 0 Å². The Balaban J connectivity index is 1.80. The molecule has 137 valence electrons. The van der Waals surface area contributed by atoms with E-state index in [0.29, 0.717) is 5.92 Å². The van der Waals surface area contributed by atoms with Gasteiger partial charge >= 0.3 is 0 Å². The average molecular weight is 355 g/mol. The molecule has 1 unspecified atom stereocenters. The zero-order chi connectivity index (χ0) is 18.6. The molecule has 27 heavy (non-hydrogen) atoms. The molecule has 0 amide bonds. The fourth-order valence-electron chi connectivity index (χ4n) is 4.11. The van der Waals surface area contributed by atoms with E-state index in [-0.39, 0.29) is 0 Å². The second-order valence-electron chi connectivity index (χ2n) is 7.77. The highest BCUT2D eigenvalue weighted by atomic mass is 14.6. The van der Waals surface area contributed by atoms with Crippen molar-refractivity contribution in [3.63, 3.8) is 0 Å². The summed E-state index contributed by atoms with van der Waals surface area (Å²) in [5.41, 5.74) is 7.26. The third-order valence-corrected chi connectivity index (χ3v) is 5.81. The summed E-state index contributed by atoms with van der Waals surface area (Å²) < 4.78 is 0. The van der Waals surface area contributed by atoms with Crippen molar-refractivity contribution in [2.75, 3.05) is 0 Å². The molecule has 0 spiro atoms. The highest BCUT2D eigenvalue weighted by molar-refractivity contribution is 5.55. The monoisotopic (exact) mass is 354 g/mol. The lowest BCUT2D eigenvalue weighted by molar-refractivity contribution is 0.609. The quantitative estimate of drug-likeness (QED) is 0.468. The van der Waals surface area contributed by atoms with Gasteiger partial charge in [-0.1, -0.05) is 68.8 Å². The summed E-state index contributed by atoms with van der Waals surface area (Å²) in [5.74, 6) is 2.73. The molecule has 3 aromatic rings. The molecule has 1 saturated carbocycles. The van der Waals surface area contributed by atoms with Gasteiger partial charge in [-0.25, -0.2) is 0 Å². The summed E-state index contributed by atoms with van der Waals surface area (Å²) in [5, 5.41) is 0. The zero-order valence-corrected chi connectivity index (χ0v) is 16.4. The number of hydrogen-bond acceptors (Lipinski definition) is 1. The first-order chi connectivity index (χ1) is 13.3. The van der Waals surface area contributed by atoms with Crippen LogP contribution in [0.1, 0.15) is 66.8 Å². The second kappa shape index (κ2) is 8.08. The van der Waals surface area contributed by atoms with Gasteiger partial charge in [0.05, 0.1) is 0 Å². The van der Waals surface area contributed by atoms with Crippen molar-refractivity contribution in [2.45, 2.75) is 45.4 Å². The Morgan fingerprint density at radius 1 is 0.963 bits per heavy atom. The van der Waals surface area contributed by atoms with Gasteiger partial charge in [0.25, 0.3) is 0 Å². The van der Waals surface area contributed by atoms with E-state index in [1.165, 1.54) is 41.0 Å². The molecule has 1 radical (unpaired) electrons. The summed E-state index contributed by atoms with van der Waals surface area (Å²) in [6.07, 6.45) is 8.64. The number of hydrogen-bond donors (Lipinski definition) is 0. The van der Waals surface area contributed by atoms with Gasteiger partial charge in [-0.2, -0.15) is 0 Å². The van der Waals surface area contributed by atoms with Crippen LogP contribution in [-0.2, 0) is 6.42 Å². The van der Waals surface area contributed by atoms with Crippen LogP contribution in [-0.4, -0.2) is 4.98 Å². The molecule has 0 saturated heterocycles. The molecule has 1 aromatic heterocycles. The van der Waals surface area contributed by atoms with E-state index in [0.717, 1.165) is 18.8 Å². The van der Waals surface area contributed by atoms with E-state index < -0.39 is 0 Å². The molecule has 1 nitrogen and oxygen atoms in total. The van der Waals surface area contributed by atoms with E-state index >= 15 is 0 Å². The maximum Gasteiger partial charge on any atom is 0.0372 e. The van der Waals surface area contributed by atoms with E-state index in [1.54, 1.807) is 5.56 Å². The average Bonchev–Trinajstić information content (AvgIpc) is 3.55. The zero-order valence-electron chi connectivity index (χ0n) is 16.4. The maximum absolute atomic E-state index is 4.24. The normalized spacial score (nSPS) is 15.1. The van der Waals surface area contributed by atoms with Crippen LogP contribution in [0, 0.1) is 11.8 Å². The molecule has 1 heteroatoms.